The maximum Gasteiger partial charge on any atom is 0.339 e. The number of nitrogens with one attached hydrogen (secondary N) is 3. The van der Waals surface area contributed by atoms with Gasteiger partial charge in [-0.3, -0.25) is 5.10 Å². The molecule has 2 rings (SSSR count). The topological polar surface area (TPSA) is 133 Å². The van der Waals surface area contributed by atoms with Gasteiger partial charge in [-0.1, -0.05) is 0 Å². The van der Waals surface area contributed by atoms with Gasteiger partial charge in [0.1, 0.15) is 29.2 Å². The van der Waals surface area contributed by atoms with Crippen molar-refractivity contribution in [3.05, 3.63) is 35.3 Å². The standard InChI is InChI=1S/C12H15N5O4/c1-6(10-14-5-15-17-10)16-12(20)13-4-8-3-9(11(18)19)7(2)21-8/h3,5-6H,4H2,1-2H3,(H,18,19)(H2,13,16,20)(H,14,15,17). The SMILES string of the molecule is Cc1oc(CNC(=O)NC(C)c2ncn[nH]2)cc1C(=O)O. The number of urea groups is 1. The molecule has 0 fully saturated rings. The number of aryl methyl sites for hydroxylation is 1. The lowest BCUT2D eigenvalue weighted by molar-refractivity contribution is 0.0695. The largest absolute Gasteiger partial charge is 0.478 e. The van der Waals surface area contributed by atoms with Gasteiger partial charge in [-0.05, 0) is 19.9 Å². The highest BCUT2D eigenvalue weighted by Crippen LogP contribution is 2.14. The number of carboxylic acids is 1. The minimum atomic E-state index is -1.06. The maximum absolute atomic E-state index is 11.7. The van der Waals surface area contributed by atoms with E-state index in [4.69, 9.17) is 9.52 Å². The fourth-order valence-corrected chi connectivity index (χ4v) is 1.75. The van der Waals surface area contributed by atoms with Crippen LogP contribution in [0.3, 0.4) is 0 Å². The molecule has 112 valence electrons. The molecule has 0 radical (unpaired) electrons. The first-order valence-electron chi connectivity index (χ1n) is 6.19. The van der Waals surface area contributed by atoms with Gasteiger partial charge in [0.15, 0.2) is 0 Å². The molecule has 9 heteroatoms. The van der Waals surface area contributed by atoms with Crippen molar-refractivity contribution in [3.8, 4) is 0 Å². The first-order valence-corrected chi connectivity index (χ1v) is 6.19. The van der Waals surface area contributed by atoms with Crippen LogP contribution in [0.2, 0.25) is 0 Å². The number of hydrogen-bond donors (Lipinski definition) is 4. The Hall–Kier alpha value is -2.84. The number of hydrogen-bond acceptors (Lipinski definition) is 5. The Morgan fingerprint density at radius 2 is 2.29 bits per heavy atom. The van der Waals surface area contributed by atoms with Crippen LogP contribution in [-0.2, 0) is 6.54 Å². The third kappa shape index (κ3) is 3.59. The number of rotatable bonds is 5. The molecule has 21 heavy (non-hydrogen) atoms. The number of furan rings is 1. The van der Waals surface area contributed by atoms with Crippen LogP contribution in [0.15, 0.2) is 16.8 Å². The van der Waals surface area contributed by atoms with Gasteiger partial charge in [-0.25, -0.2) is 14.6 Å². The Kier molecular flexibility index (Phi) is 4.21. The highest BCUT2D eigenvalue weighted by molar-refractivity contribution is 5.88. The monoisotopic (exact) mass is 293 g/mol. The molecular weight excluding hydrogens is 278 g/mol. The van der Waals surface area contributed by atoms with Gasteiger partial charge in [0.25, 0.3) is 0 Å². The van der Waals surface area contributed by atoms with Gasteiger partial charge in [0.2, 0.25) is 0 Å². The lowest BCUT2D eigenvalue weighted by Crippen LogP contribution is -2.36. The predicted octanol–water partition coefficient (Wildman–Crippen LogP) is 0.965. The van der Waals surface area contributed by atoms with Crippen LogP contribution in [0.1, 0.15) is 40.7 Å². The van der Waals surface area contributed by atoms with Crippen molar-refractivity contribution in [1.29, 1.82) is 0 Å². The van der Waals surface area contributed by atoms with E-state index in [0.717, 1.165) is 0 Å². The molecule has 0 saturated carbocycles. The minimum absolute atomic E-state index is 0.0854. The molecule has 1 unspecified atom stereocenters. The smallest absolute Gasteiger partial charge is 0.339 e. The van der Waals surface area contributed by atoms with Crippen molar-refractivity contribution >= 4 is 12.0 Å². The Morgan fingerprint density at radius 3 is 2.86 bits per heavy atom. The van der Waals surface area contributed by atoms with Gasteiger partial charge in [0, 0.05) is 0 Å². The second-order valence-electron chi connectivity index (χ2n) is 4.41. The van der Waals surface area contributed by atoms with Gasteiger partial charge in [-0.15, -0.1) is 0 Å². The minimum Gasteiger partial charge on any atom is -0.478 e. The molecule has 2 amide bonds. The average molecular weight is 293 g/mol. The van der Waals surface area contributed by atoms with Crippen LogP contribution < -0.4 is 10.6 Å². The molecule has 0 saturated heterocycles. The number of carbonyl (C=O) groups is 2. The molecule has 0 aliphatic rings. The normalized spacial score (nSPS) is 11.9. The predicted molar refractivity (Wildman–Crippen MR) is 70.6 cm³/mol. The highest BCUT2D eigenvalue weighted by Gasteiger charge is 2.15. The fourth-order valence-electron chi connectivity index (χ4n) is 1.75. The zero-order chi connectivity index (χ0) is 15.4. The zero-order valence-corrected chi connectivity index (χ0v) is 11.5. The van der Waals surface area contributed by atoms with E-state index in [1.54, 1.807) is 13.8 Å². The summed E-state index contributed by atoms with van der Waals surface area (Å²) in [5.74, 6) is 0.139. The van der Waals surface area contributed by atoms with Crippen molar-refractivity contribution in [1.82, 2.24) is 25.8 Å². The second kappa shape index (κ2) is 6.07. The summed E-state index contributed by atoms with van der Waals surface area (Å²) in [6.45, 7) is 3.39. The van der Waals surface area contributed by atoms with Crippen molar-refractivity contribution in [2.24, 2.45) is 0 Å². The Balaban J connectivity index is 1.86. The van der Waals surface area contributed by atoms with Gasteiger partial charge < -0.3 is 20.2 Å². The van der Waals surface area contributed by atoms with E-state index in [-0.39, 0.29) is 18.2 Å². The molecule has 0 aliphatic carbocycles. The summed E-state index contributed by atoms with van der Waals surface area (Å²) >= 11 is 0. The van der Waals surface area contributed by atoms with Crippen LogP contribution >= 0.6 is 0 Å². The van der Waals surface area contributed by atoms with E-state index in [2.05, 4.69) is 25.8 Å². The summed E-state index contributed by atoms with van der Waals surface area (Å²) in [4.78, 5) is 26.5. The Labute approximate surface area is 119 Å². The summed E-state index contributed by atoms with van der Waals surface area (Å²) in [5, 5.41) is 20.5. The van der Waals surface area contributed by atoms with Crippen molar-refractivity contribution < 1.29 is 19.1 Å². The van der Waals surface area contributed by atoms with E-state index in [1.807, 2.05) is 0 Å². The summed E-state index contributed by atoms with van der Waals surface area (Å²) in [5.41, 5.74) is 0.0854. The van der Waals surface area contributed by atoms with Crippen LogP contribution in [0, 0.1) is 6.92 Å². The van der Waals surface area contributed by atoms with Crippen LogP contribution in [0.4, 0.5) is 4.79 Å². The number of aromatic amines is 1. The molecule has 0 aliphatic heterocycles. The third-order valence-corrected chi connectivity index (χ3v) is 2.81. The molecule has 4 N–H and O–H groups in total. The van der Waals surface area contributed by atoms with Crippen LogP contribution in [0.25, 0.3) is 0 Å². The molecule has 2 aromatic heterocycles. The first-order chi connectivity index (χ1) is 9.97. The van der Waals surface area contributed by atoms with E-state index >= 15 is 0 Å². The molecule has 2 heterocycles. The molecule has 2 aromatic rings. The quantitative estimate of drug-likeness (QED) is 0.649. The van der Waals surface area contributed by atoms with E-state index in [0.29, 0.717) is 17.3 Å². The van der Waals surface area contributed by atoms with E-state index in [9.17, 15) is 9.59 Å². The molecule has 0 spiro atoms. The number of amides is 2. The summed E-state index contributed by atoms with van der Waals surface area (Å²) in [6, 6.07) is 0.628. The lowest BCUT2D eigenvalue weighted by Gasteiger charge is -2.11. The second-order valence-corrected chi connectivity index (χ2v) is 4.41. The Morgan fingerprint density at radius 1 is 1.52 bits per heavy atom. The van der Waals surface area contributed by atoms with Crippen molar-refractivity contribution in [3.63, 3.8) is 0 Å². The number of carbonyl (C=O) groups excluding carboxylic acids is 1. The number of nitrogens with zero attached hydrogens (tertiary/aromatic N) is 2. The maximum atomic E-state index is 11.7. The van der Waals surface area contributed by atoms with Crippen LogP contribution in [-0.4, -0.2) is 32.3 Å². The summed E-state index contributed by atoms with van der Waals surface area (Å²) in [7, 11) is 0. The lowest BCUT2D eigenvalue weighted by atomic mass is 10.2. The molecule has 9 nitrogen and oxygen atoms in total. The van der Waals surface area contributed by atoms with Gasteiger partial charge in [0.05, 0.1) is 12.6 Å². The Bertz CT molecular complexity index is 634. The number of H-pyrrole nitrogens is 1. The van der Waals surface area contributed by atoms with E-state index in [1.165, 1.54) is 12.4 Å². The first kappa shape index (κ1) is 14.6. The van der Waals surface area contributed by atoms with Crippen molar-refractivity contribution in [2.75, 3.05) is 0 Å². The van der Waals surface area contributed by atoms with Crippen LogP contribution in [0.5, 0.6) is 0 Å². The fraction of sp³-hybridized carbons (Fsp3) is 0.333. The summed E-state index contributed by atoms with van der Waals surface area (Å²) in [6.07, 6.45) is 1.35. The number of aromatic carboxylic acids is 1. The average Bonchev–Trinajstić information content (AvgIpc) is 3.05. The van der Waals surface area contributed by atoms with E-state index < -0.39 is 12.0 Å². The summed E-state index contributed by atoms with van der Waals surface area (Å²) < 4.78 is 5.25. The number of carboxylic acid groups (broad SMARTS) is 1. The van der Waals surface area contributed by atoms with Gasteiger partial charge >= 0.3 is 12.0 Å². The zero-order valence-electron chi connectivity index (χ0n) is 11.5. The molecule has 0 aromatic carbocycles. The molecule has 0 bridgehead atoms. The van der Waals surface area contributed by atoms with Crippen molar-refractivity contribution in [2.45, 2.75) is 26.4 Å². The van der Waals surface area contributed by atoms with Gasteiger partial charge in [-0.2, -0.15) is 5.10 Å². The molecular formula is C12H15N5O4. The third-order valence-electron chi connectivity index (χ3n) is 2.81. The number of aromatic nitrogens is 3. The highest BCUT2D eigenvalue weighted by atomic mass is 16.4. The molecule has 1 atom stereocenters.